The number of amides is 1. The second-order valence-corrected chi connectivity index (χ2v) is 9.61. The largest absolute Gasteiger partial charge is 0.324 e. The molecule has 0 radical (unpaired) electrons. The van der Waals surface area contributed by atoms with Crippen LogP contribution in [-0.2, 0) is 14.8 Å². The first-order chi connectivity index (χ1) is 15.1. The average Bonchev–Trinajstić information content (AvgIpc) is 2.75. The fourth-order valence-corrected chi connectivity index (χ4v) is 4.50. The molecule has 0 spiro atoms. The van der Waals surface area contributed by atoms with Gasteiger partial charge in [0, 0.05) is 11.8 Å². The van der Waals surface area contributed by atoms with Crippen LogP contribution < -0.4 is 9.62 Å². The molecular formula is C24H24F2N2O3S. The van der Waals surface area contributed by atoms with Crippen molar-refractivity contribution in [1.29, 1.82) is 0 Å². The van der Waals surface area contributed by atoms with Gasteiger partial charge in [0.05, 0.1) is 10.6 Å². The third-order valence-electron chi connectivity index (χ3n) is 4.95. The van der Waals surface area contributed by atoms with E-state index in [1.54, 1.807) is 24.3 Å². The normalized spacial score (nSPS) is 11.4. The Morgan fingerprint density at radius 2 is 1.56 bits per heavy atom. The van der Waals surface area contributed by atoms with Gasteiger partial charge in [-0.05, 0) is 54.8 Å². The van der Waals surface area contributed by atoms with Crippen molar-refractivity contribution in [3.8, 4) is 0 Å². The lowest BCUT2D eigenvalue weighted by atomic mass is 10.0. The van der Waals surface area contributed by atoms with Crippen LogP contribution in [0.25, 0.3) is 0 Å². The number of nitrogens with zero attached hydrogens (tertiary/aromatic N) is 1. The molecule has 3 aromatic carbocycles. The van der Waals surface area contributed by atoms with Crippen molar-refractivity contribution in [3.63, 3.8) is 0 Å². The summed E-state index contributed by atoms with van der Waals surface area (Å²) in [6.07, 6.45) is 0. The Morgan fingerprint density at radius 1 is 0.938 bits per heavy atom. The molecule has 0 aliphatic heterocycles. The van der Waals surface area contributed by atoms with E-state index in [0.717, 1.165) is 27.6 Å². The highest BCUT2D eigenvalue weighted by Gasteiger charge is 2.27. The molecule has 1 N–H and O–H groups in total. The number of nitrogens with one attached hydrogen (secondary N) is 1. The SMILES string of the molecule is Cc1ccc(S(=O)(=O)N(CC(=O)Nc2ccc(F)c(F)c2)c2ccc(C(C)C)cc2)cc1. The zero-order valence-corrected chi connectivity index (χ0v) is 18.8. The van der Waals surface area contributed by atoms with Gasteiger partial charge in [-0.1, -0.05) is 43.7 Å². The summed E-state index contributed by atoms with van der Waals surface area (Å²) in [5, 5.41) is 2.42. The quantitative estimate of drug-likeness (QED) is 0.527. The predicted molar refractivity (Wildman–Crippen MR) is 121 cm³/mol. The van der Waals surface area contributed by atoms with E-state index in [2.05, 4.69) is 5.32 Å². The zero-order valence-electron chi connectivity index (χ0n) is 18.0. The van der Waals surface area contributed by atoms with Crippen molar-refractivity contribution in [1.82, 2.24) is 0 Å². The molecule has 0 aliphatic carbocycles. The lowest BCUT2D eigenvalue weighted by Crippen LogP contribution is -2.38. The number of rotatable bonds is 7. The number of anilines is 2. The molecule has 168 valence electrons. The van der Waals surface area contributed by atoms with Gasteiger partial charge in [0.15, 0.2) is 11.6 Å². The van der Waals surface area contributed by atoms with Gasteiger partial charge in [-0.15, -0.1) is 0 Å². The molecule has 0 saturated carbocycles. The number of carbonyl (C=O) groups is 1. The summed E-state index contributed by atoms with van der Waals surface area (Å²) < 4.78 is 54.4. The topological polar surface area (TPSA) is 66.5 Å². The highest BCUT2D eigenvalue weighted by molar-refractivity contribution is 7.92. The Hall–Kier alpha value is -3.26. The maximum absolute atomic E-state index is 13.5. The molecule has 0 heterocycles. The number of halogens is 2. The van der Waals surface area contributed by atoms with Gasteiger partial charge in [-0.3, -0.25) is 9.10 Å². The molecule has 0 aromatic heterocycles. The van der Waals surface area contributed by atoms with Gasteiger partial charge >= 0.3 is 0 Å². The second-order valence-electron chi connectivity index (χ2n) is 7.75. The van der Waals surface area contributed by atoms with Gasteiger partial charge in [0.2, 0.25) is 5.91 Å². The number of aryl methyl sites for hydroxylation is 1. The van der Waals surface area contributed by atoms with E-state index in [4.69, 9.17) is 0 Å². The van der Waals surface area contributed by atoms with Crippen LogP contribution in [0.1, 0.15) is 30.9 Å². The Kier molecular flexibility index (Phi) is 6.93. The summed E-state index contributed by atoms with van der Waals surface area (Å²) in [6.45, 7) is 5.33. The maximum Gasteiger partial charge on any atom is 0.264 e. The molecule has 0 unspecified atom stereocenters. The zero-order chi connectivity index (χ0) is 23.5. The molecule has 5 nitrogen and oxygen atoms in total. The molecule has 8 heteroatoms. The van der Waals surface area contributed by atoms with E-state index in [1.807, 2.05) is 32.9 Å². The van der Waals surface area contributed by atoms with Crippen LogP contribution in [0.15, 0.2) is 71.6 Å². The van der Waals surface area contributed by atoms with E-state index < -0.39 is 34.1 Å². The summed E-state index contributed by atoms with van der Waals surface area (Å²) in [7, 11) is -4.07. The fraction of sp³-hybridized carbons (Fsp3) is 0.208. The van der Waals surface area contributed by atoms with Crippen molar-refractivity contribution < 1.29 is 22.0 Å². The second kappa shape index (κ2) is 9.48. The molecule has 0 aliphatic rings. The molecule has 0 atom stereocenters. The van der Waals surface area contributed by atoms with Gasteiger partial charge in [0.1, 0.15) is 6.54 Å². The standard InChI is InChI=1S/C24H24F2N2O3S/c1-16(2)18-6-9-20(10-7-18)28(32(30,31)21-11-4-17(3)5-12-21)15-24(29)27-19-8-13-22(25)23(26)14-19/h4-14,16H,15H2,1-3H3,(H,27,29). The number of benzene rings is 3. The minimum Gasteiger partial charge on any atom is -0.324 e. The van der Waals surface area contributed by atoms with Crippen LogP contribution in [0.3, 0.4) is 0 Å². The summed E-state index contributed by atoms with van der Waals surface area (Å²) in [6, 6.07) is 16.1. The van der Waals surface area contributed by atoms with E-state index in [-0.39, 0.29) is 16.5 Å². The van der Waals surface area contributed by atoms with E-state index in [1.165, 1.54) is 18.2 Å². The Bertz CT molecular complexity index is 1210. The van der Waals surface area contributed by atoms with Gasteiger partial charge in [-0.2, -0.15) is 0 Å². The van der Waals surface area contributed by atoms with Crippen LogP contribution in [0.4, 0.5) is 20.2 Å². The van der Waals surface area contributed by atoms with Crippen LogP contribution in [0.5, 0.6) is 0 Å². The van der Waals surface area contributed by atoms with Crippen molar-refractivity contribution in [2.45, 2.75) is 31.6 Å². The highest BCUT2D eigenvalue weighted by Crippen LogP contribution is 2.26. The molecule has 0 bridgehead atoms. The smallest absolute Gasteiger partial charge is 0.264 e. The van der Waals surface area contributed by atoms with Crippen molar-refractivity contribution in [2.75, 3.05) is 16.2 Å². The maximum atomic E-state index is 13.5. The first-order valence-electron chi connectivity index (χ1n) is 10.0. The average molecular weight is 459 g/mol. The van der Waals surface area contributed by atoms with Crippen molar-refractivity contribution in [3.05, 3.63) is 89.5 Å². The summed E-state index contributed by atoms with van der Waals surface area (Å²) in [5.41, 5.74) is 2.26. The van der Waals surface area contributed by atoms with Crippen LogP contribution in [0.2, 0.25) is 0 Å². The summed E-state index contributed by atoms with van der Waals surface area (Å²) in [4.78, 5) is 12.7. The first kappa shape index (κ1) is 23.4. The number of sulfonamides is 1. The summed E-state index contributed by atoms with van der Waals surface area (Å²) in [5.74, 6) is -2.60. The van der Waals surface area contributed by atoms with Crippen LogP contribution in [-0.4, -0.2) is 20.9 Å². The molecule has 0 saturated heterocycles. The minimum absolute atomic E-state index is 0.0248. The van der Waals surface area contributed by atoms with Gasteiger partial charge in [0.25, 0.3) is 10.0 Å². The van der Waals surface area contributed by atoms with Gasteiger partial charge < -0.3 is 5.32 Å². The third kappa shape index (κ3) is 5.31. The Balaban J connectivity index is 1.94. The van der Waals surface area contributed by atoms with Crippen molar-refractivity contribution >= 4 is 27.3 Å². The highest BCUT2D eigenvalue weighted by atomic mass is 32.2. The molecule has 3 aromatic rings. The molecule has 32 heavy (non-hydrogen) atoms. The lowest BCUT2D eigenvalue weighted by molar-refractivity contribution is -0.114. The van der Waals surface area contributed by atoms with E-state index in [9.17, 15) is 22.0 Å². The Morgan fingerprint density at radius 3 is 2.12 bits per heavy atom. The molecule has 3 rings (SSSR count). The van der Waals surface area contributed by atoms with E-state index in [0.29, 0.717) is 5.69 Å². The lowest BCUT2D eigenvalue weighted by Gasteiger charge is -2.24. The molecule has 1 amide bonds. The van der Waals surface area contributed by atoms with Crippen LogP contribution in [0, 0.1) is 18.6 Å². The molecular weight excluding hydrogens is 434 g/mol. The first-order valence-corrected chi connectivity index (χ1v) is 11.5. The number of carbonyl (C=O) groups excluding carboxylic acids is 1. The van der Waals surface area contributed by atoms with Crippen LogP contribution >= 0.6 is 0 Å². The van der Waals surface area contributed by atoms with E-state index >= 15 is 0 Å². The van der Waals surface area contributed by atoms with Crippen molar-refractivity contribution in [2.24, 2.45) is 0 Å². The third-order valence-corrected chi connectivity index (χ3v) is 6.74. The predicted octanol–water partition coefficient (Wildman–Crippen LogP) is 5.23. The minimum atomic E-state index is -4.07. The number of hydrogen-bond donors (Lipinski definition) is 1. The van der Waals surface area contributed by atoms with Gasteiger partial charge in [-0.25, -0.2) is 17.2 Å². The number of hydrogen-bond acceptors (Lipinski definition) is 3. The summed E-state index contributed by atoms with van der Waals surface area (Å²) >= 11 is 0. The Labute approximate surface area is 186 Å². The molecule has 0 fully saturated rings. The fourth-order valence-electron chi connectivity index (χ4n) is 3.08. The monoisotopic (exact) mass is 458 g/mol.